The molecule has 0 aliphatic carbocycles. The molecule has 1 aliphatic rings. The molecule has 0 amide bonds. The summed E-state index contributed by atoms with van der Waals surface area (Å²) < 4.78 is 33.9. The highest BCUT2D eigenvalue weighted by Gasteiger charge is 2.46. The molecule has 0 saturated carbocycles. The van der Waals surface area contributed by atoms with Crippen molar-refractivity contribution in [2.75, 3.05) is 34.5 Å². The van der Waals surface area contributed by atoms with Crippen molar-refractivity contribution in [3.63, 3.8) is 0 Å². The van der Waals surface area contributed by atoms with E-state index in [-0.39, 0.29) is 28.7 Å². The van der Waals surface area contributed by atoms with Crippen molar-refractivity contribution in [3.05, 3.63) is 53.8 Å². The number of aliphatic hydroxyl groups is 6. The van der Waals surface area contributed by atoms with Crippen LogP contribution in [0.15, 0.2) is 42.7 Å². The third kappa shape index (κ3) is 6.88. The molecule has 1 saturated heterocycles. The number of hydrogen-bond donors (Lipinski definition) is 7. The van der Waals surface area contributed by atoms with Gasteiger partial charge in [0.15, 0.2) is 35.4 Å². The first-order valence-corrected chi connectivity index (χ1v) is 12.4. The van der Waals surface area contributed by atoms with Gasteiger partial charge in [0.25, 0.3) is 0 Å². The van der Waals surface area contributed by atoms with Crippen molar-refractivity contribution in [2.24, 2.45) is 0 Å². The molecule has 1 aliphatic heterocycles. The average Bonchev–Trinajstić information content (AvgIpc) is 2.97. The number of aromatic hydroxyl groups is 1. The highest BCUT2D eigenvalue weighted by Crippen LogP contribution is 2.42. The van der Waals surface area contributed by atoms with Crippen molar-refractivity contribution in [1.29, 1.82) is 0 Å². The Labute approximate surface area is 231 Å². The number of hydrogen-bond acceptors (Lipinski definition) is 13. The van der Waals surface area contributed by atoms with Gasteiger partial charge >= 0.3 is 0 Å². The van der Waals surface area contributed by atoms with Crippen molar-refractivity contribution in [2.45, 2.75) is 49.3 Å². The molecule has 13 nitrogen and oxygen atoms in total. The average molecular weight is 569 g/mol. The predicted molar refractivity (Wildman–Crippen MR) is 139 cm³/mol. The second-order valence-electron chi connectivity index (χ2n) is 8.94. The van der Waals surface area contributed by atoms with Crippen LogP contribution < -0.4 is 18.9 Å². The number of phenols is 1. The lowest BCUT2D eigenvalue weighted by atomic mass is 9.98. The van der Waals surface area contributed by atoms with Crippen LogP contribution in [0.5, 0.6) is 28.7 Å². The minimum absolute atomic E-state index is 0.0769. The van der Waals surface area contributed by atoms with Gasteiger partial charge in [-0.2, -0.15) is 0 Å². The van der Waals surface area contributed by atoms with Crippen LogP contribution >= 0.6 is 0 Å². The zero-order chi connectivity index (χ0) is 29.4. The summed E-state index contributed by atoms with van der Waals surface area (Å²) in [6.07, 6.45) is -7.54. The van der Waals surface area contributed by atoms with Gasteiger partial charge in [-0.25, -0.2) is 0 Å². The molecule has 0 spiro atoms. The van der Waals surface area contributed by atoms with E-state index in [0.29, 0.717) is 12.0 Å². The van der Waals surface area contributed by atoms with Gasteiger partial charge in [0.2, 0.25) is 5.75 Å². The number of allylic oxidation sites excluding steroid dienone is 1. The topological polar surface area (TPSA) is 197 Å². The first-order valence-electron chi connectivity index (χ1n) is 12.4. The van der Waals surface area contributed by atoms with Gasteiger partial charge in [0.05, 0.1) is 40.8 Å². The number of rotatable bonds is 13. The number of phenolic OH excluding ortho intramolecular Hbond substituents is 1. The van der Waals surface area contributed by atoms with Crippen molar-refractivity contribution in [1.82, 2.24) is 0 Å². The largest absolute Gasteiger partial charge is 0.516 e. The molecule has 7 atom stereocenters. The summed E-state index contributed by atoms with van der Waals surface area (Å²) >= 11 is 0. The Bertz CT molecular complexity index is 1100. The standard InChI is InChI=1S/C27H36O13/c1-35-17-11-15(6-7-16(17)31)25(40-27-24(34)23(33)22(32)20(12-29)39-27)21(13-30)38-26-18(36-2)9-14(5-4-8-28)10-19(26)37-3/h4,6-11,20-25,27-34H,5,12-13H2,1-3H3/b8-4+/t20-,21-,22-,23+,24-,25-,27+/m1/s1. The Balaban J connectivity index is 2.05. The van der Waals surface area contributed by atoms with Gasteiger partial charge in [-0.15, -0.1) is 0 Å². The molecule has 13 heteroatoms. The summed E-state index contributed by atoms with van der Waals surface area (Å²) in [5, 5.41) is 70.2. The minimum Gasteiger partial charge on any atom is -0.516 e. The molecule has 1 heterocycles. The quantitative estimate of drug-likeness (QED) is 0.163. The summed E-state index contributed by atoms with van der Waals surface area (Å²) in [6, 6.07) is 7.54. The SMILES string of the molecule is COc1cc([C@@H](O[C@@H]2O[C@H](CO)[C@@H](O)[C@H](O)[C@H]2O)[C@@H](CO)Oc2c(OC)cc(C/C=C/O)cc2OC)ccc1O. The third-order valence-corrected chi connectivity index (χ3v) is 6.43. The normalized spacial score (nSPS) is 24.4. The van der Waals surface area contributed by atoms with Gasteiger partial charge in [0, 0.05) is 0 Å². The molecule has 0 unspecified atom stereocenters. The molecule has 0 bridgehead atoms. The molecule has 2 aromatic rings. The lowest BCUT2D eigenvalue weighted by molar-refractivity contribution is -0.318. The number of benzene rings is 2. The molecular weight excluding hydrogens is 532 g/mol. The summed E-state index contributed by atoms with van der Waals surface area (Å²) in [7, 11) is 4.16. The molecule has 7 N–H and O–H groups in total. The van der Waals surface area contributed by atoms with Gasteiger partial charge < -0.3 is 64.2 Å². The van der Waals surface area contributed by atoms with E-state index in [2.05, 4.69) is 0 Å². The Hall–Kier alpha value is -3.30. The van der Waals surface area contributed by atoms with Crippen molar-refractivity contribution in [3.8, 4) is 28.7 Å². The van der Waals surface area contributed by atoms with E-state index in [9.17, 15) is 30.6 Å². The van der Waals surface area contributed by atoms with E-state index >= 15 is 0 Å². The van der Waals surface area contributed by atoms with Crippen molar-refractivity contribution >= 4 is 0 Å². The Morgan fingerprint density at radius 2 is 1.55 bits per heavy atom. The maximum absolute atomic E-state index is 10.6. The number of methoxy groups -OCH3 is 3. The highest BCUT2D eigenvalue weighted by molar-refractivity contribution is 5.54. The monoisotopic (exact) mass is 568 g/mol. The van der Waals surface area contributed by atoms with Gasteiger partial charge in [-0.3, -0.25) is 0 Å². The summed E-state index contributed by atoms with van der Waals surface area (Å²) in [6.45, 7) is -1.32. The fourth-order valence-corrected chi connectivity index (χ4v) is 4.28. The van der Waals surface area contributed by atoms with Crippen LogP contribution in [0.1, 0.15) is 17.2 Å². The van der Waals surface area contributed by atoms with E-state index in [1.54, 1.807) is 12.1 Å². The molecule has 1 fully saturated rings. The number of aliphatic hydroxyl groups excluding tert-OH is 6. The van der Waals surface area contributed by atoms with Crippen LogP contribution in [0, 0.1) is 0 Å². The molecule has 0 radical (unpaired) electrons. The lowest BCUT2D eigenvalue weighted by Crippen LogP contribution is -2.59. The zero-order valence-corrected chi connectivity index (χ0v) is 22.3. The molecule has 2 aromatic carbocycles. The van der Waals surface area contributed by atoms with Gasteiger partial charge in [0.1, 0.15) is 30.5 Å². The smallest absolute Gasteiger partial charge is 0.204 e. The summed E-state index contributed by atoms with van der Waals surface area (Å²) in [5.41, 5.74) is 1.04. The van der Waals surface area contributed by atoms with E-state index in [0.717, 1.165) is 11.8 Å². The minimum atomic E-state index is -1.73. The maximum Gasteiger partial charge on any atom is 0.204 e. The van der Waals surface area contributed by atoms with Crippen LogP contribution in [-0.4, -0.2) is 107 Å². The molecular formula is C27H36O13. The van der Waals surface area contributed by atoms with Crippen LogP contribution in [0.25, 0.3) is 0 Å². The molecule has 3 rings (SSSR count). The van der Waals surface area contributed by atoms with Gasteiger partial charge in [-0.05, 0) is 47.9 Å². The predicted octanol–water partition coefficient (Wildman–Crippen LogP) is 0.330. The van der Waals surface area contributed by atoms with E-state index in [1.165, 1.54) is 45.6 Å². The fraction of sp³-hybridized carbons (Fsp3) is 0.481. The van der Waals surface area contributed by atoms with Gasteiger partial charge in [-0.1, -0.05) is 6.07 Å². The van der Waals surface area contributed by atoms with Crippen LogP contribution in [-0.2, 0) is 15.9 Å². The van der Waals surface area contributed by atoms with Crippen molar-refractivity contribution < 1.29 is 64.2 Å². The van der Waals surface area contributed by atoms with Crippen LogP contribution in [0.3, 0.4) is 0 Å². The second-order valence-corrected chi connectivity index (χ2v) is 8.94. The molecule has 40 heavy (non-hydrogen) atoms. The van der Waals surface area contributed by atoms with Crippen LogP contribution in [0.2, 0.25) is 0 Å². The number of ether oxygens (including phenoxy) is 6. The van der Waals surface area contributed by atoms with Crippen LogP contribution in [0.4, 0.5) is 0 Å². The Morgan fingerprint density at radius 3 is 2.10 bits per heavy atom. The summed E-state index contributed by atoms with van der Waals surface area (Å²) in [5.74, 6) is 0.500. The lowest BCUT2D eigenvalue weighted by Gasteiger charge is -2.41. The highest BCUT2D eigenvalue weighted by atomic mass is 16.7. The second kappa shape index (κ2) is 14.4. The van der Waals surface area contributed by atoms with E-state index < -0.39 is 56.1 Å². The molecule has 222 valence electrons. The Kier molecular flexibility index (Phi) is 11.2. The maximum atomic E-state index is 10.6. The summed E-state index contributed by atoms with van der Waals surface area (Å²) in [4.78, 5) is 0. The Morgan fingerprint density at radius 1 is 0.900 bits per heavy atom. The zero-order valence-electron chi connectivity index (χ0n) is 22.3. The molecule has 0 aromatic heterocycles. The van der Waals surface area contributed by atoms with E-state index in [1.807, 2.05) is 0 Å². The fourth-order valence-electron chi connectivity index (χ4n) is 4.28. The first-order chi connectivity index (χ1) is 19.2. The third-order valence-electron chi connectivity index (χ3n) is 6.43. The first kappa shape index (κ1) is 31.2. The van der Waals surface area contributed by atoms with E-state index in [4.69, 9.17) is 33.5 Å².